The van der Waals surface area contributed by atoms with Gasteiger partial charge in [0.05, 0.1) is 6.10 Å². The van der Waals surface area contributed by atoms with Crippen LogP contribution in [-0.4, -0.2) is 29.3 Å². The molecule has 2 N–H and O–H groups in total. The smallest absolute Gasteiger partial charge is 0.0546 e. The normalized spacial score (nSPS) is 24.9. The summed E-state index contributed by atoms with van der Waals surface area (Å²) in [7, 11) is 0. The number of rotatable bonds is 5. The maximum absolute atomic E-state index is 9.12. The lowest BCUT2D eigenvalue weighted by atomic mass is 9.82. The Morgan fingerprint density at radius 3 is 2.73 bits per heavy atom. The van der Waals surface area contributed by atoms with Gasteiger partial charge in [0.1, 0.15) is 0 Å². The second-order valence-corrected chi connectivity index (χ2v) is 4.30. The minimum absolute atomic E-state index is 0.0306. The zero-order chi connectivity index (χ0) is 10.5. The molecule has 1 aliphatic rings. The van der Waals surface area contributed by atoms with Crippen molar-refractivity contribution in [1.82, 2.24) is 10.3 Å². The van der Waals surface area contributed by atoms with Crippen LogP contribution in [0.5, 0.6) is 0 Å². The molecular weight excluding hydrogens is 188 g/mol. The largest absolute Gasteiger partial charge is 0.393 e. The molecule has 0 spiro atoms. The molecule has 15 heavy (non-hydrogen) atoms. The highest BCUT2D eigenvalue weighted by Crippen LogP contribution is 2.25. The fraction of sp³-hybridized carbons (Fsp3) is 0.583. The monoisotopic (exact) mass is 206 g/mol. The van der Waals surface area contributed by atoms with Gasteiger partial charge in [-0.25, -0.2) is 0 Å². The molecule has 2 rings (SSSR count). The topological polar surface area (TPSA) is 45.1 Å². The SMILES string of the molecule is OC1CC(CNCCc2ccncc2)C1. The van der Waals surface area contributed by atoms with E-state index in [1.807, 2.05) is 12.4 Å². The van der Waals surface area contributed by atoms with Crippen molar-refractivity contribution in [3.05, 3.63) is 30.1 Å². The van der Waals surface area contributed by atoms with E-state index in [0.29, 0.717) is 5.92 Å². The number of pyridine rings is 1. The van der Waals surface area contributed by atoms with E-state index in [2.05, 4.69) is 22.4 Å². The van der Waals surface area contributed by atoms with Crippen LogP contribution in [0.25, 0.3) is 0 Å². The number of nitrogens with zero attached hydrogens (tertiary/aromatic N) is 1. The minimum atomic E-state index is -0.0306. The summed E-state index contributed by atoms with van der Waals surface area (Å²) in [5.41, 5.74) is 1.33. The molecule has 1 aromatic rings. The van der Waals surface area contributed by atoms with Crippen LogP contribution in [0.3, 0.4) is 0 Å². The summed E-state index contributed by atoms with van der Waals surface area (Å²) >= 11 is 0. The van der Waals surface area contributed by atoms with Gasteiger partial charge in [0.15, 0.2) is 0 Å². The lowest BCUT2D eigenvalue weighted by Crippen LogP contribution is -2.36. The van der Waals surface area contributed by atoms with Gasteiger partial charge in [0.25, 0.3) is 0 Å². The predicted molar refractivity (Wildman–Crippen MR) is 59.5 cm³/mol. The molecule has 0 aromatic carbocycles. The highest BCUT2D eigenvalue weighted by molar-refractivity contribution is 5.09. The zero-order valence-corrected chi connectivity index (χ0v) is 8.89. The lowest BCUT2D eigenvalue weighted by molar-refractivity contribution is 0.0432. The Morgan fingerprint density at radius 2 is 2.07 bits per heavy atom. The Bertz CT molecular complexity index is 283. The van der Waals surface area contributed by atoms with E-state index in [9.17, 15) is 0 Å². The highest BCUT2D eigenvalue weighted by Gasteiger charge is 2.26. The third-order valence-electron chi connectivity index (χ3n) is 2.98. The molecule has 1 heterocycles. The van der Waals surface area contributed by atoms with Crippen LogP contribution in [0.2, 0.25) is 0 Å². The van der Waals surface area contributed by atoms with Crippen molar-refractivity contribution in [2.45, 2.75) is 25.4 Å². The van der Waals surface area contributed by atoms with Crippen molar-refractivity contribution in [3.63, 3.8) is 0 Å². The average Bonchev–Trinajstić information content (AvgIpc) is 2.23. The molecule has 3 nitrogen and oxygen atoms in total. The number of aromatic nitrogens is 1. The van der Waals surface area contributed by atoms with Crippen LogP contribution >= 0.6 is 0 Å². The Kier molecular flexibility index (Phi) is 3.69. The first-order valence-electron chi connectivity index (χ1n) is 5.62. The molecule has 1 aliphatic carbocycles. The molecule has 3 heteroatoms. The third-order valence-corrected chi connectivity index (χ3v) is 2.98. The second-order valence-electron chi connectivity index (χ2n) is 4.30. The van der Waals surface area contributed by atoms with Gasteiger partial charge in [0, 0.05) is 12.4 Å². The van der Waals surface area contributed by atoms with Crippen molar-refractivity contribution < 1.29 is 5.11 Å². The number of hydrogen-bond donors (Lipinski definition) is 2. The molecule has 0 aliphatic heterocycles. The fourth-order valence-corrected chi connectivity index (χ4v) is 1.96. The van der Waals surface area contributed by atoms with E-state index in [0.717, 1.165) is 32.4 Å². The van der Waals surface area contributed by atoms with Crippen LogP contribution in [0, 0.1) is 5.92 Å². The molecule has 0 radical (unpaired) electrons. The van der Waals surface area contributed by atoms with Gasteiger partial charge in [0.2, 0.25) is 0 Å². The zero-order valence-electron chi connectivity index (χ0n) is 8.89. The first-order chi connectivity index (χ1) is 7.34. The van der Waals surface area contributed by atoms with Crippen LogP contribution in [0.1, 0.15) is 18.4 Å². The summed E-state index contributed by atoms with van der Waals surface area (Å²) in [6, 6.07) is 4.10. The molecule has 0 bridgehead atoms. The van der Waals surface area contributed by atoms with E-state index < -0.39 is 0 Å². The first-order valence-corrected chi connectivity index (χ1v) is 5.62. The van der Waals surface area contributed by atoms with Crippen molar-refractivity contribution in [2.24, 2.45) is 5.92 Å². The molecule has 0 atom stereocenters. The lowest BCUT2D eigenvalue weighted by Gasteiger charge is -2.31. The summed E-state index contributed by atoms with van der Waals surface area (Å²) < 4.78 is 0. The van der Waals surface area contributed by atoms with Gasteiger partial charge in [-0.2, -0.15) is 0 Å². The summed E-state index contributed by atoms with van der Waals surface area (Å²) in [5.74, 6) is 0.692. The maximum Gasteiger partial charge on any atom is 0.0546 e. The van der Waals surface area contributed by atoms with Gasteiger partial charge >= 0.3 is 0 Å². The third kappa shape index (κ3) is 3.29. The first kappa shape index (κ1) is 10.6. The van der Waals surface area contributed by atoms with Gasteiger partial charge in [-0.15, -0.1) is 0 Å². The number of aliphatic hydroxyl groups excluding tert-OH is 1. The van der Waals surface area contributed by atoms with Crippen LogP contribution < -0.4 is 5.32 Å². The molecule has 1 aromatic heterocycles. The standard InChI is InChI=1S/C12H18N2O/c15-12-7-11(8-12)9-14-6-3-10-1-4-13-5-2-10/h1-2,4-5,11-12,14-15H,3,6-9H2. The molecule has 1 saturated carbocycles. The number of hydrogen-bond acceptors (Lipinski definition) is 3. The molecule has 0 amide bonds. The van der Waals surface area contributed by atoms with Crippen LogP contribution in [0.15, 0.2) is 24.5 Å². The Hall–Kier alpha value is -0.930. The number of nitrogens with one attached hydrogen (secondary N) is 1. The summed E-state index contributed by atoms with van der Waals surface area (Å²) in [6.45, 7) is 2.05. The number of aliphatic hydroxyl groups is 1. The van der Waals surface area contributed by atoms with Gasteiger partial charge in [-0.1, -0.05) is 0 Å². The van der Waals surface area contributed by atoms with Gasteiger partial charge < -0.3 is 10.4 Å². The molecule has 0 unspecified atom stereocenters. The summed E-state index contributed by atoms with van der Waals surface area (Å²) in [5, 5.41) is 12.5. The predicted octanol–water partition coefficient (Wildman–Crippen LogP) is 0.985. The van der Waals surface area contributed by atoms with E-state index in [1.54, 1.807) is 0 Å². The Balaban J connectivity index is 1.56. The maximum atomic E-state index is 9.12. The Morgan fingerprint density at radius 1 is 1.33 bits per heavy atom. The van der Waals surface area contributed by atoms with Crippen LogP contribution in [0.4, 0.5) is 0 Å². The Labute approximate surface area is 90.5 Å². The van der Waals surface area contributed by atoms with E-state index >= 15 is 0 Å². The highest BCUT2D eigenvalue weighted by atomic mass is 16.3. The van der Waals surface area contributed by atoms with Crippen molar-refractivity contribution in [3.8, 4) is 0 Å². The fourth-order valence-electron chi connectivity index (χ4n) is 1.96. The van der Waals surface area contributed by atoms with Crippen molar-refractivity contribution >= 4 is 0 Å². The van der Waals surface area contributed by atoms with Crippen molar-refractivity contribution in [2.75, 3.05) is 13.1 Å². The molecule has 0 saturated heterocycles. The molecule has 1 fully saturated rings. The van der Waals surface area contributed by atoms with Gasteiger partial charge in [-0.05, 0) is 56.0 Å². The van der Waals surface area contributed by atoms with E-state index in [-0.39, 0.29) is 6.10 Å². The van der Waals surface area contributed by atoms with Crippen molar-refractivity contribution in [1.29, 1.82) is 0 Å². The van der Waals surface area contributed by atoms with Gasteiger partial charge in [-0.3, -0.25) is 4.98 Å². The van der Waals surface area contributed by atoms with Crippen LogP contribution in [-0.2, 0) is 6.42 Å². The average molecular weight is 206 g/mol. The summed E-state index contributed by atoms with van der Waals surface area (Å²) in [4.78, 5) is 3.98. The minimum Gasteiger partial charge on any atom is -0.393 e. The van der Waals surface area contributed by atoms with E-state index in [1.165, 1.54) is 5.56 Å². The molecule has 82 valence electrons. The second kappa shape index (κ2) is 5.24. The van der Waals surface area contributed by atoms with E-state index in [4.69, 9.17) is 5.11 Å². The quantitative estimate of drug-likeness (QED) is 0.706. The molecular formula is C12H18N2O. The summed E-state index contributed by atoms with van der Waals surface area (Å²) in [6.07, 6.45) is 6.63.